The largest absolute Gasteiger partial charge is 0.404 e. The first kappa shape index (κ1) is 17.6. The van der Waals surface area contributed by atoms with Crippen molar-refractivity contribution in [2.24, 2.45) is 0 Å². The first-order valence-electron chi connectivity index (χ1n) is 6.65. The number of hydrogen-bond donors (Lipinski definition) is 0. The Morgan fingerprint density at radius 1 is 0.952 bits per heavy atom. The van der Waals surface area contributed by atoms with Gasteiger partial charge in [-0.15, -0.1) is 0 Å². The van der Waals surface area contributed by atoms with Gasteiger partial charge in [-0.3, -0.25) is 0 Å². The van der Waals surface area contributed by atoms with Crippen molar-refractivity contribution in [1.82, 2.24) is 0 Å². The molecule has 0 heterocycles. The maximum atomic E-state index is 12.1. The van der Waals surface area contributed by atoms with Gasteiger partial charge in [0.15, 0.2) is 0 Å². The van der Waals surface area contributed by atoms with Gasteiger partial charge in [-0.25, -0.2) is 4.79 Å². The van der Waals surface area contributed by atoms with Crippen LogP contribution in [0.15, 0.2) is 30.3 Å². The first-order chi connectivity index (χ1) is 10.1. The smallest absolute Gasteiger partial charge is 0.342 e. The summed E-state index contributed by atoms with van der Waals surface area (Å²) in [5.41, 5.74) is 0.425. The van der Waals surface area contributed by atoms with Crippen molar-refractivity contribution >= 4 is 5.97 Å². The van der Waals surface area contributed by atoms with Crippen LogP contribution in [0, 0.1) is 0 Å². The molecule has 1 aromatic carbocycles. The molecule has 0 aliphatic heterocycles. The third-order valence-electron chi connectivity index (χ3n) is 2.59. The van der Waals surface area contributed by atoms with E-state index in [0.29, 0.717) is 18.8 Å². The Kier molecular flexibility index (Phi) is 7.92. The van der Waals surface area contributed by atoms with Crippen LogP contribution in [0.2, 0.25) is 0 Å². The van der Waals surface area contributed by atoms with Gasteiger partial charge in [0.25, 0.3) is 0 Å². The van der Waals surface area contributed by atoms with Crippen molar-refractivity contribution in [3.8, 4) is 0 Å². The Hall–Kier alpha value is -1.47. The average molecular weight is 298 g/mol. The lowest BCUT2D eigenvalue weighted by Crippen LogP contribution is -2.39. The summed E-state index contributed by atoms with van der Waals surface area (Å²) in [6.07, 6.45) is 0. The monoisotopic (exact) mass is 298 g/mol. The Morgan fingerprint density at radius 2 is 1.48 bits per heavy atom. The van der Waals surface area contributed by atoms with Crippen molar-refractivity contribution in [2.75, 3.05) is 40.6 Å². The molecule has 0 fully saturated rings. The van der Waals surface area contributed by atoms with Crippen LogP contribution >= 0.6 is 0 Å². The molecule has 0 atom stereocenters. The van der Waals surface area contributed by atoms with Gasteiger partial charge in [0.1, 0.15) is 0 Å². The molecule has 0 amide bonds. The van der Waals surface area contributed by atoms with Gasteiger partial charge in [0.05, 0.1) is 32.0 Å². The zero-order valence-corrected chi connectivity index (χ0v) is 12.7. The van der Waals surface area contributed by atoms with E-state index in [4.69, 9.17) is 23.7 Å². The Bertz CT molecular complexity index is 396. The first-order valence-corrected chi connectivity index (χ1v) is 6.65. The molecule has 1 rings (SSSR count). The lowest BCUT2D eigenvalue weighted by molar-refractivity contribution is -0.347. The minimum Gasteiger partial charge on any atom is -0.404 e. The average Bonchev–Trinajstić information content (AvgIpc) is 2.48. The molecule has 0 spiro atoms. The predicted molar refractivity (Wildman–Crippen MR) is 75.9 cm³/mol. The quantitative estimate of drug-likeness (QED) is 0.373. The van der Waals surface area contributed by atoms with E-state index in [0.717, 1.165) is 0 Å². The summed E-state index contributed by atoms with van der Waals surface area (Å²) < 4.78 is 26.1. The second kappa shape index (κ2) is 9.46. The van der Waals surface area contributed by atoms with E-state index in [1.807, 2.05) is 6.07 Å². The van der Waals surface area contributed by atoms with E-state index >= 15 is 0 Å². The van der Waals surface area contributed by atoms with E-state index < -0.39 is 11.9 Å². The number of carbonyl (C=O) groups excluding carboxylic acids is 1. The molecule has 0 aliphatic carbocycles. The van der Waals surface area contributed by atoms with Crippen LogP contribution in [0.25, 0.3) is 0 Å². The number of carbonyl (C=O) groups is 1. The molecule has 0 N–H and O–H groups in total. The van der Waals surface area contributed by atoms with E-state index in [1.165, 1.54) is 0 Å². The Balaban J connectivity index is 2.64. The molecule has 0 saturated carbocycles. The van der Waals surface area contributed by atoms with Crippen LogP contribution in [-0.2, 0) is 23.7 Å². The number of rotatable bonds is 10. The Morgan fingerprint density at radius 3 is 1.95 bits per heavy atom. The molecular formula is C15H22O6. The third-order valence-corrected chi connectivity index (χ3v) is 2.59. The SMILES string of the molecule is COCCOC(C)(OCCOC)OC(=O)c1ccccc1. The minimum absolute atomic E-state index is 0.238. The highest BCUT2D eigenvalue weighted by molar-refractivity contribution is 5.89. The molecule has 118 valence electrons. The van der Waals surface area contributed by atoms with Crippen LogP contribution in [0.4, 0.5) is 0 Å². The van der Waals surface area contributed by atoms with Crippen molar-refractivity contribution in [1.29, 1.82) is 0 Å². The topological polar surface area (TPSA) is 63.2 Å². The molecule has 0 bridgehead atoms. The second-order valence-corrected chi connectivity index (χ2v) is 4.30. The van der Waals surface area contributed by atoms with Crippen molar-refractivity contribution in [2.45, 2.75) is 12.9 Å². The molecule has 0 radical (unpaired) electrons. The van der Waals surface area contributed by atoms with Gasteiger partial charge in [-0.05, 0) is 12.1 Å². The van der Waals surface area contributed by atoms with Crippen molar-refractivity contribution in [3.63, 3.8) is 0 Å². The van der Waals surface area contributed by atoms with Gasteiger partial charge < -0.3 is 23.7 Å². The number of esters is 1. The third kappa shape index (κ3) is 6.68. The van der Waals surface area contributed by atoms with Crippen LogP contribution in [0.5, 0.6) is 0 Å². The van der Waals surface area contributed by atoms with Gasteiger partial charge in [0.2, 0.25) is 0 Å². The van der Waals surface area contributed by atoms with Crippen molar-refractivity contribution < 1.29 is 28.5 Å². The van der Waals surface area contributed by atoms with E-state index in [2.05, 4.69) is 0 Å². The summed E-state index contributed by atoms with van der Waals surface area (Å²) in [6.45, 7) is 2.75. The molecule has 0 unspecified atom stereocenters. The molecule has 0 saturated heterocycles. The number of methoxy groups -OCH3 is 2. The molecule has 21 heavy (non-hydrogen) atoms. The fourth-order valence-electron chi connectivity index (χ4n) is 1.52. The van der Waals surface area contributed by atoms with Crippen LogP contribution in [0.3, 0.4) is 0 Å². The number of benzene rings is 1. The minimum atomic E-state index is -1.48. The summed E-state index contributed by atoms with van der Waals surface area (Å²) in [7, 11) is 3.12. The maximum Gasteiger partial charge on any atom is 0.342 e. The summed E-state index contributed by atoms with van der Waals surface area (Å²) in [5, 5.41) is 0. The van der Waals surface area contributed by atoms with Crippen LogP contribution in [-0.4, -0.2) is 52.6 Å². The number of ether oxygens (including phenoxy) is 5. The molecule has 0 aliphatic rings. The fourth-order valence-corrected chi connectivity index (χ4v) is 1.52. The van der Waals surface area contributed by atoms with Crippen LogP contribution < -0.4 is 0 Å². The normalized spacial score (nSPS) is 11.4. The van der Waals surface area contributed by atoms with E-state index in [9.17, 15) is 4.79 Å². The lowest BCUT2D eigenvalue weighted by Gasteiger charge is -2.29. The predicted octanol–water partition coefficient (Wildman–Crippen LogP) is 1.84. The van der Waals surface area contributed by atoms with Gasteiger partial charge in [-0.1, -0.05) is 18.2 Å². The fraction of sp³-hybridized carbons (Fsp3) is 0.533. The van der Waals surface area contributed by atoms with E-state index in [-0.39, 0.29) is 13.2 Å². The zero-order chi connectivity index (χ0) is 15.6. The highest BCUT2D eigenvalue weighted by atomic mass is 16.9. The van der Waals surface area contributed by atoms with Gasteiger partial charge in [-0.2, -0.15) is 0 Å². The van der Waals surface area contributed by atoms with Gasteiger partial charge >= 0.3 is 11.9 Å². The lowest BCUT2D eigenvalue weighted by atomic mass is 10.2. The molecule has 6 nitrogen and oxygen atoms in total. The summed E-state index contributed by atoms with van der Waals surface area (Å²) in [5.74, 6) is -2.00. The molecular weight excluding hydrogens is 276 g/mol. The second-order valence-electron chi connectivity index (χ2n) is 4.30. The Labute approximate surface area is 124 Å². The standard InChI is InChI=1S/C15H22O6/c1-15(19-11-9-17-2,20-12-10-18-3)21-14(16)13-7-5-4-6-8-13/h4-8H,9-12H2,1-3H3. The molecule has 1 aromatic rings. The van der Waals surface area contributed by atoms with E-state index in [1.54, 1.807) is 45.4 Å². The number of hydrogen-bond acceptors (Lipinski definition) is 6. The molecule has 0 aromatic heterocycles. The van der Waals surface area contributed by atoms with Gasteiger partial charge in [0, 0.05) is 21.1 Å². The van der Waals surface area contributed by atoms with Crippen molar-refractivity contribution in [3.05, 3.63) is 35.9 Å². The zero-order valence-electron chi connectivity index (χ0n) is 12.7. The molecule has 6 heteroatoms. The highest BCUT2D eigenvalue weighted by Crippen LogP contribution is 2.17. The maximum absolute atomic E-state index is 12.1. The summed E-state index contributed by atoms with van der Waals surface area (Å²) in [6, 6.07) is 8.65. The summed E-state index contributed by atoms with van der Waals surface area (Å²) >= 11 is 0. The highest BCUT2D eigenvalue weighted by Gasteiger charge is 2.31. The summed E-state index contributed by atoms with van der Waals surface area (Å²) in [4.78, 5) is 12.1. The van der Waals surface area contributed by atoms with Crippen LogP contribution in [0.1, 0.15) is 17.3 Å².